The van der Waals surface area contributed by atoms with E-state index in [9.17, 15) is 0 Å². The molecule has 3 saturated carbocycles. The number of allylic oxidation sites excluding steroid dienone is 1. The van der Waals surface area contributed by atoms with E-state index in [4.69, 9.17) is 4.74 Å². The second kappa shape index (κ2) is 10.1. The summed E-state index contributed by atoms with van der Waals surface area (Å²) in [5.74, 6) is 0.937. The Balaban J connectivity index is 1.37. The van der Waals surface area contributed by atoms with Crippen LogP contribution in [0.3, 0.4) is 0 Å². The van der Waals surface area contributed by atoms with Crippen LogP contribution in [0.15, 0.2) is 60.7 Å². The molecule has 3 aliphatic rings. The zero-order valence-corrected chi connectivity index (χ0v) is 19.7. The van der Waals surface area contributed by atoms with Crippen LogP contribution in [-0.4, -0.2) is 6.61 Å². The van der Waals surface area contributed by atoms with Gasteiger partial charge in [-0.3, -0.25) is 0 Å². The van der Waals surface area contributed by atoms with Crippen molar-refractivity contribution < 1.29 is 4.74 Å². The van der Waals surface area contributed by atoms with Crippen molar-refractivity contribution in [1.29, 1.82) is 0 Å². The Bertz CT molecular complexity index is 818. The first-order valence-electron chi connectivity index (χ1n) is 12.7. The summed E-state index contributed by atoms with van der Waals surface area (Å²) in [6.07, 6.45) is 19.5. The molecule has 31 heavy (non-hydrogen) atoms. The van der Waals surface area contributed by atoms with Crippen LogP contribution in [0.4, 0.5) is 0 Å². The maximum absolute atomic E-state index is 5.78. The Morgan fingerprint density at radius 1 is 0.742 bits per heavy atom. The second-order valence-electron chi connectivity index (χ2n) is 10.0. The number of rotatable bonds is 10. The number of hydrogen-bond donors (Lipinski definition) is 0. The molecule has 1 nitrogen and oxygen atoms in total. The fraction of sp³-hybridized carbons (Fsp3) is 0.533. The molecule has 0 atom stereocenters. The zero-order chi connectivity index (χ0) is 21.6. The van der Waals surface area contributed by atoms with Crippen molar-refractivity contribution in [2.24, 2.45) is 5.41 Å². The summed E-state index contributed by atoms with van der Waals surface area (Å²) < 4.78 is 5.78. The summed E-state index contributed by atoms with van der Waals surface area (Å²) in [4.78, 5) is 0. The molecule has 0 radical (unpaired) electrons. The number of fused-ring (bicyclic) bond motifs is 3. The number of hydrogen-bond acceptors (Lipinski definition) is 1. The maximum atomic E-state index is 5.78. The van der Waals surface area contributed by atoms with Crippen LogP contribution in [-0.2, 0) is 5.41 Å². The normalized spacial score (nSPS) is 25.2. The average molecular weight is 417 g/mol. The SMILES string of the molecule is CCC=CCOc1ccc(-c2ccc(C34CCC(CCCCC)(CC3)CC4)cc2)cc1. The molecular weight excluding hydrogens is 376 g/mol. The van der Waals surface area contributed by atoms with Crippen LogP contribution >= 0.6 is 0 Å². The summed E-state index contributed by atoms with van der Waals surface area (Å²) in [6, 6.07) is 18.0. The molecular formula is C30H40O. The van der Waals surface area contributed by atoms with Crippen LogP contribution in [0.2, 0.25) is 0 Å². The topological polar surface area (TPSA) is 9.23 Å². The molecule has 166 valence electrons. The summed E-state index contributed by atoms with van der Waals surface area (Å²) in [5.41, 5.74) is 5.29. The number of benzene rings is 2. The van der Waals surface area contributed by atoms with Crippen LogP contribution in [0, 0.1) is 5.41 Å². The first kappa shape index (κ1) is 22.2. The van der Waals surface area contributed by atoms with Gasteiger partial charge in [-0.1, -0.05) is 81.7 Å². The lowest BCUT2D eigenvalue weighted by molar-refractivity contribution is 0.0305. The minimum atomic E-state index is 0.453. The van der Waals surface area contributed by atoms with E-state index in [0.29, 0.717) is 17.4 Å². The molecule has 0 heterocycles. The number of unbranched alkanes of at least 4 members (excludes halogenated alkanes) is 2. The van der Waals surface area contributed by atoms with E-state index in [-0.39, 0.29) is 0 Å². The first-order valence-corrected chi connectivity index (χ1v) is 12.7. The second-order valence-corrected chi connectivity index (χ2v) is 10.0. The van der Waals surface area contributed by atoms with Crippen molar-refractivity contribution in [2.45, 2.75) is 89.9 Å². The van der Waals surface area contributed by atoms with E-state index >= 15 is 0 Å². The molecule has 2 aromatic rings. The molecule has 0 spiro atoms. The fourth-order valence-electron chi connectivity index (χ4n) is 5.96. The molecule has 5 rings (SSSR count). The predicted molar refractivity (Wildman–Crippen MR) is 133 cm³/mol. The highest BCUT2D eigenvalue weighted by molar-refractivity contribution is 5.64. The van der Waals surface area contributed by atoms with Crippen LogP contribution in [0.1, 0.15) is 90.0 Å². The summed E-state index contributed by atoms with van der Waals surface area (Å²) in [7, 11) is 0. The van der Waals surface area contributed by atoms with E-state index in [1.54, 1.807) is 5.56 Å². The van der Waals surface area contributed by atoms with Gasteiger partial charge in [-0.05, 0) is 91.0 Å². The van der Waals surface area contributed by atoms with Gasteiger partial charge in [0.1, 0.15) is 12.4 Å². The van der Waals surface area contributed by atoms with Gasteiger partial charge in [-0.25, -0.2) is 0 Å². The predicted octanol–water partition coefficient (Wildman–Crippen LogP) is 8.87. The lowest BCUT2D eigenvalue weighted by atomic mass is 9.51. The van der Waals surface area contributed by atoms with E-state index in [1.807, 2.05) is 0 Å². The molecule has 0 amide bonds. The molecule has 3 fully saturated rings. The Labute approximate surface area is 189 Å². The quantitative estimate of drug-likeness (QED) is 0.277. The van der Waals surface area contributed by atoms with Gasteiger partial charge in [0.2, 0.25) is 0 Å². The molecule has 2 bridgehead atoms. The highest BCUT2D eigenvalue weighted by Gasteiger charge is 2.48. The first-order chi connectivity index (χ1) is 15.2. The van der Waals surface area contributed by atoms with Gasteiger partial charge in [0.25, 0.3) is 0 Å². The standard InChI is InChI=1S/C30H40O/c1-3-5-7-17-29-18-21-30(22-19-29,23-20-29)27-13-9-25(10-14-27)26-11-15-28(16-12-26)31-24-8-6-4-2/h6,8-16H,3-5,7,17-24H2,1-2H3. The Morgan fingerprint density at radius 2 is 1.35 bits per heavy atom. The van der Waals surface area contributed by atoms with Crippen LogP contribution < -0.4 is 4.74 Å². The zero-order valence-electron chi connectivity index (χ0n) is 19.7. The third-order valence-electron chi connectivity index (χ3n) is 8.15. The van der Waals surface area contributed by atoms with Gasteiger partial charge in [-0.2, -0.15) is 0 Å². The van der Waals surface area contributed by atoms with Gasteiger partial charge < -0.3 is 4.74 Å². The van der Waals surface area contributed by atoms with Gasteiger partial charge in [-0.15, -0.1) is 0 Å². The minimum Gasteiger partial charge on any atom is -0.490 e. The van der Waals surface area contributed by atoms with Crippen molar-refractivity contribution in [3.8, 4) is 16.9 Å². The highest BCUT2D eigenvalue weighted by atomic mass is 16.5. The largest absolute Gasteiger partial charge is 0.490 e. The number of ether oxygens (including phenoxy) is 1. The Hall–Kier alpha value is -2.02. The molecule has 0 aromatic heterocycles. The minimum absolute atomic E-state index is 0.453. The summed E-state index contributed by atoms with van der Waals surface area (Å²) in [6.45, 7) is 5.10. The molecule has 0 saturated heterocycles. The molecule has 1 heteroatoms. The molecule has 3 aliphatic carbocycles. The van der Waals surface area contributed by atoms with E-state index in [0.717, 1.165) is 12.2 Å². The third-order valence-corrected chi connectivity index (χ3v) is 8.15. The maximum Gasteiger partial charge on any atom is 0.119 e. The Morgan fingerprint density at radius 3 is 1.94 bits per heavy atom. The lowest BCUT2D eigenvalue weighted by Gasteiger charge is -2.54. The van der Waals surface area contributed by atoms with Gasteiger partial charge in [0, 0.05) is 0 Å². The Kier molecular flexibility index (Phi) is 7.20. The third kappa shape index (κ3) is 5.08. The van der Waals surface area contributed by atoms with Crippen molar-refractivity contribution in [1.82, 2.24) is 0 Å². The molecule has 0 N–H and O–H groups in total. The van der Waals surface area contributed by atoms with Gasteiger partial charge in [0.15, 0.2) is 0 Å². The average Bonchev–Trinajstić information content (AvgIpc) is 2.84. The molecule has 0 unspecified atom stereocenters. The van der Waals surface area contributed by atoms with Crippen molar-refractivity contribution >= 4 is 0 Å². The summed E-state index contributed by atoms with van der Waals surface area (Å²) in [5, 5.41) is 0. The molecule has 2 aromatic carbocycles. The van der Waals surface area contributed by atoms with Crippen molar-refractivity contribution in [3.63, 3.8) is 0 Å². The van der Waals surface area contributed by atoms with Gasteiger partial charge in [0.05, 0.1) is 0 Å². The van der Waals surface area contributed by atoms with E-state index in [1.165, 1.54) is 75.3 Å². The van der Waals surface area contributed by atoms with E-state index < -0.39 is 0 Å². The van der Waals surface area contributed by atoms with Crippen molar-refractivity contribution in [3.05, 3.63) is 66.2 Å². The molecule has 0 aliphatic heterocycles. The van der Waals surface area contributed by atoms with Gasteiger partial charge >= 0.3 is 0 Å². The lowest BCUT2D eigenvalue weighted by Crippen LogP contribution is -2.44. The highest BCUT2D eigenvalue weighted by Crippen LogP contribution is 2.59. The van der Waals surface area contributed by atoms with Crippen LogP contribution in [0.5, 0.6) is 5.75 Å². The fourth-order valence-corrected chi connectivity index (χ4v) is 5.96. The van der Waals surface area contributed by atoms with Crippen molar-refractivity contribution in [2.75, 3.05) is 6.61 Å². The van der Waals surface area contributed by atoms with Crippen LogP contribution in [0.25, 0.3) is 11.1 Å². The summed E-state index contributed by atoms with van der Waals surface area (Å²) >= 11 is 0. The van der Waals surface area contributed by atoms with E-state index in [2.05, 4.69) is 74.5 Å². The monoisotopic (exact) mass is 416 g/mol. The smallest absolute Gasteiger partial charge is 0.119 e.